The average Bonchev–Trinajstić information content (AvgIpc) is 2.46. The van der Waals surface area contributed by atoms with E-state index in [0.29, 0.717) is 22.0 Å². The number of aryl methyl sites for hydroxylation is 1. The van der Waals surface area contributed by atoms with E-state index in [1.54, 1.807) is 49.4 Å². The van der Waals surface area contributed by atoms with Crippen molar-refractivity contribution in [2.75, 3.05) is 0 Å². The van der Waals surface area contributed by atoms with Crippen molar-refractivity contribution in [3.63, 3.8) is 0 Å². The third-order valence-electron chi connectivity index (χ3n) is 3.29. The minimum atomic E-state index is -0.458. The number of aromatic amines is 1. The van der Waals surface area contributed by atoms with Gasteiger partial charge in [-0.15, -0.1) is 0 Å². The summed E-state index contributed by atoms with van der Waals surface area (Å²) in [6.07, 6.45) is 0. The first-order chi connectivity index (χ1) is 10.1. The van der Waals surface area contributed by atoms with Gasteiger partial charge in [0.05, 0.1) is 21.4 Å². The van der Waals surface area contributed by atoms with Crippen molar-refractivity contribution in [3.8, 4) is 11.4 Å². The van der Waals surface area contributed by atoms with Crippen LogP contribution < -0.4 is 5.56 Å². The summed E-state index contributed by atoms with van der Waals surface area (Å²) in [7, 11) is 0. The molecule has 0 aliphatic rings. The van der Waals surface area contributed by atoms with Crippen molar-refractivity contribution in [3.05, 3.63) is 68.5 Å². The zero-order valence-electron chi connectivity index (χ0n) is 11.2. The maximum absolute atomic E-state index is 12.1. The van der Waals surface area contributed by atoms with Crippen LogP contribution in [0.2, 0.25) is 0 Å². The first kappa shape index (κ1) is 13.0. The second-order valence-electron chi connectivity index (χ2n) is 4.66. The molecule has 0 radical (unpaired) electrons. The van der Waals surface area contributed by atoms with Gasteiger partial charge in [-0.1, -0.05) is 24.3 Å². The summed E-state index contributed by atoms with van der Waals surface area (Å²) in [5.41, 5.74) is 0.977. The number of hydrogen-bond donors (Lipinski definition) is 1. The van der Waals surface area contributed by atoms with E-state index in [9.17, 15) is 14.9 Å². The Morgan fingerprint density at radius 1 is 1.14 bits per heavy atom. The second-order valence-corrected chi connectivity index (χ2v) is 4.66. The Bertz CT molecular complexity index is 915. The van der Waals surface area contributed by atoms with Gasteiger partial charge in [-0.3, -0.25) is 14.9 Å². The summed E-state index contributed by atoms with van der Waals surface area (Å²) in [5, 5.41) is 11.7. The predicted octanol–water partition coefficient (Wildman–Crippen LogP) is 2.81. The highest BCUT2D eigenvalue weighted by molar-refractivity contribution is 5.81. The lowest BCUT2D eigenvalue weighted by atomic mass is 10.1. The van der Waals surface area contributed by atoms with E-state index >= 15 is 0 Å². The standard InChI is InChI=1S/C15H11N3O3/c1-9-5-4-7-11(13(9)18(20)21)14-16-12-8-3-2-6-10(12)15(19)17-14/h2-8H,1H3,(H,16,17,19). The summed E-state index contributed by atoms with van der Waals surface area (Å²) in [6, 6.07) is 11.8. The van der Waals surface area contributed by atoms with Crippen LogP contribution in [0.1, 0.15) is 5.56 Å². The van der Waals surface area contributed by atoms with Crippen LogP contribution in [0.3, 0.4) is 0 Å². The van der Waals surface area contributed by atoms with Crippen molar-refractivity contribution in [2.24, 2.45) is 0 Å². The number of nitro groups is 1. The molecule has 6 nitrogen and oxygen atoms in total. The summed E-state index contributed by atoms with van der Waals surface area (Å²) < 4.78 is 0. The van der Waals surface area contributed by atoms with Crippen LogP contribution in [-0.2, 0) is 0 Å². The Balaban J connectivity index is 2.34. The monoisotopic (exact) mass is 281 g/mol. The molecule has 0 unspecified atom stereocenters. The van der Waals surface area contributed by atoms with Gasteiger partial charge in [0.25, 0.3) is 11.2 Å². The van der Waals surface area contributed by atoms with Crippen LogP contribution in [0.4, 0.5) is 5.69 Å². The molecule has 104 valence electrons. The van der Waals surface area contributed by atoms with Crippen molar-refractivity contribution < 1.29 is 4.92 Å². The van der Waals surface area contributed by atoms with E-state index in [1.165, 1.54) is 0 Å². The molecule has 21 heavy (non-hydrogen) atoms. The highest BCUT2D eigenvalue weighted by atomic mass is 16.6. The quantitative estimate of drug-likeness (QED) is 0.577. The van der Waals surface area contributed by atoms with E-state index in [1.807, 2.05) is 0 Å². The molecule has 6 heteroatoms. The Kier molecular flexibility index (Phi) is 2.98. The van der Waals surface area contributed by atoms with E-state index in [0.717, 1.165) is 0 Å². The fourth-order valence-corrected chi connectivity index (χ4v) is 2.31. The summed E-state index contributed by atoms with van der Waals surface area (Å²) in [6.45, 7) is 1.65. The Labute approximate surface area is 119 Å². The van der Waals surface area contributed by atoms with Crippen molar-refractivity contribution >= 4 is 16.6 Å². The molecule has 0 saturated heterocycles. The first-order valence-corrected chi connectivity index (χ1v) is 6.31. The van der Waals surface area contributed by atoms with Crippen molar-refractivity contribution in [1.29, 1.82) is 0 Å². The zero-order chi connectivity index (χ0) is 15.0. The van der Waals surface area contributed by atoms with Crippen molar-refractivity contribution in [1.82, 2.24) is 9.97 Å². The van der Waals surface area contributed by atoms with Crippen LogP contribution in [0.5, 0.6) is 0 Å². The fraction of sp³-hybridized carbons (Fsp3) is 0.0667. The molecule has 0 spiro atoms. The maximum atomic E-state index is 12.1. The minimum absolute atomic E-state index is 0.0454. The molecule has 0 aliphatic carbocycles. The zero-order valence-corrected chi connectivity index (χ0v) is 11.2. The molecule has 1 heterocycles. The number of fused-ring (bicyclic) bond motifs is 1. The molecule has 0 fully saturated rings. The smallest absolute Gasteiger partial charge is 0.283 e. The molecule has 1 N–H and O–H groups in total. The lowest BCUT2D eigenvalue weighted by Gasteiger charge is -2.05. The lowest BCUT2D eigenvalue weighted by Crippen LogP contribution is -2.10. The maximum Gasteiger partial charge on any atom is 0.283 e. The second kappa shape index (κ2) is 4.82. The van der Waals surface area contributed by atoms with E-state index in [4.69, 9.17) is 0 Å². The van der Waals surface area contributed by atoms with Gasteiger partial charge >= 0.3 is 0 Å². The molecule has 0 bridgehead atoms. The third-order valence-corrected chi connectivity index (χ3v) is 3.29. The first-order valence-electron chi connectivity index (χ1n) is 6.31. The minimum Gasteiger partial charge on any atom is -0.306 e. The number of rotatable bonds is 2. The molecule has 3 aromatic rings. The van der Waals surface area contributed by atoms with Gasteiger partial charge in [-0.25, -0.2) is 4.98 Å². The molecule has 3 rings (SSSR count). The lowest BCUT2D eigenvalue weighted by molar-refractivity contribution is -0.384. The fourth-order valence-electron chi connectivity index (χ4n) is 2.31. The van der Waals surface area contributed by atoms with E-state index in [2.05, 4.69) is 9.97 Å². The van der Waals surface area contributed by atoms with Crippen LogP contribution in [0.25, 0.3) is 22.3 Å². The molecule has 0 saturated carbocycles. The van der Waals surface area contributed by atoms with Gasteiger partial charge in [0.1, 0.15) is 5.82 Å². The van der Waals surface area contributed by atoms with Gasteiger partial charge in [0.2, 0.25) is 0 Å². The molecule has 1 aromatic heterocycles. The Morgan fingerprint density at radius 3 is 2.67 bits per heavy atom. The normalized spacial score (nSPS) is 10.7. The molecule has 0 aliphatic heterocycles. The van der Waals surface area contributed by atoms with Crippen molar-refractivity contribution in [2.45, 2.75) is 6.92 Å². The third kappa shape index (κ3) is 2.16. The highest BCUT2D eigenvalue weighted by Crippen LogP contribution is 2.30. The number of para-hydroxylation sites is 2. The van der Waals surface area contributed by atoms with Crippen LogP contribution in [0, 0.1) is 17.0 Å². The number of nitrogens with one attached hydrogen (secondary N) is 1. The molecular weight excluding hydrogens is 270 g/mol. The van der Waals surface area contributed by atoms with Gasteiger partial charge in [-0.05, 0) is 25.1 Å². The van der Waals surface area contributed by atoms with Crippen LogP contribution in [0.15, 0.2) is 47.3 Å². The molecule has 0 amide bonds. The highest BCUT2D eigenvalue weighted by Gasteiger charge is 2.20. The number of benzene rings is 2. The Morgan fingerprint density at radius 2 is 1.90 bits per heavy atom. The van der Waals surface area contributed by atoms with Gasteiger partial charge in [0.15, 0.2) is 0 Å². The van der Waals surface area contributed by atoms with Crippen LogP contribution in [-0.4, -0.2) is 14.9 Å². The topological polar surface area (TPSA) is 88.9 Å². The summed E-state index contributed by atoms with van der Waals surface area (Å²) in [5.74, 6) is 0.203. The molecule has 2 aromatic carbocycles. The van der Waals surface area contributed by atoms with E-state index < -0.39 is 4.92 Å². The van der Waals surface area contributed by atoms with Crippen LogP contribution >= 0.6 is 0 Å². The van der Waals surface area contributed by atoms with Gasteiger partial charge in [0, 0.05) is 5.56 Å². The average molecular weight is 281 g/mol. The van der Waals surface area contributed by atoms with E-state index in [-0.39, 0.29) is 17.1 Å². The number of H-pyrrole nitrogens is 1. The molecular formula is C15H11N3O3. The SMILES string of the molecule is Cc1cccc(-c2nc3ccccc3c(=O)[nH]2)c1[N+](=O)[O-]. The Hall–Kier alpha value is -3.02. The van der Waals surface area contributed by atoms with Gasteiger partial charge < -0.3 is 4.98 Å². The number of aromatic nitrogens is 2. The van der Waals surface area contributed by atoms with Gasteiger partial charge in [-0.2, -0.15) is 0 Å². The number of nitrogens with zero attached hydrogens (tertiary/aromatic N) is 2. The predicted molar refractivity (Wildman–Crippen MR) is 79.2 cm³/mol. The largest absolute Gasteiger partial charge is 0.306 e. The number of nitro benzene ring substituents is 1. The summed E-state index contributed by atoms with van der Waals surface area (Å²) >= 11 is 0. The molecule has 0 atom stereocenters. The number of hydrogen-bond acceptors (Lipinski definition) is 4. The summed E-state index contributed by atoms with van der Waals surface area (Å²) in [4.78, 5) is 29.8.